The van der Waals surface area contributed by atoms with E-state index in [2.05, 4.69) is 40.0 Å². The largest absolute Gasteiger partial charge is 0.348 e. The summed E-state index contributed by atoms with van der Waals surface area (Å²) in [4.78, 5) is 11.9. The van der Waals surface area contributed by atoms with E-state index in [1.54, 1.807) is 11.3 Å². The first-order chi connectivity index (χ1) is 9.19. The number of hydrogen-bond donors (Lipinski definition) is 2. The van der Waals surface area contributed by atoms with Gasteiger partial charge in [0.25, 0.3) is 5.91 Å². The van der Waals surface area contributed by atoms with E-state index < -0.39 is 0 Å². The summed E-state index contributed by atoms with van der Waals surface area (Å²) in [7, 11) is 0. The van der Waals surface area contributed by atoms with Crippen LogP contribution in [0.15, 0.2) is 35.7 Å². The maximum Gasteiger partial charge on any atom is 0.252 e. The molecular weight excluding hydrogens is 371 g/mol. The second-order valence-corrected chi connectivity index (χ2v) is 6.98. The van der Waals surface area contributed by atoms with Crippen molar-refractivity contribution in [3.8, 4) is 0 Å². The zero-order valence-corrected chi connectivity index (χ0v) is 13.3. The van der Waals surface area contributed by atoms with Gasteiger partial charge in [-0.1, -0.05) is 24.3 Å². The molecule has 0 atom stereocenters. The lowest BCUT2D eigenvalue weighted by atomic mass is 10.1. The molecule has 0 spiro atoms. The summed E-state index contributed by atoms with van der Waals surface area (Å²) >= 11 is 3.79. The minimum Gasteiger partial charge on any atom is -0.348 e. The molecule has 0 radical (unpaired) electrons. The van der Waals surface area contributed by atoms with Crippen molar-refractivity contribution < 1.29 is 4.79 Å². The fraction of sp³-hybridized carbons (Fsp3) is 0.214. The van der Waals surface area contributed by atoms with E-state index >= 15 is 0 Å². The van der Waals surface area contributed by atoms with Gasteiger partial charge in [-0.25, -0.2) is 0 Å². The van der Waals surface area contributed by atoms with Gasteiger partial charge in [0.05, 0.1) is 8.45 Å². The van der Waals surface area contributed by atoms with Crippen LogP contribution >= 0.6 is 33.9 Å². The number of nitrogens with two attached hydrogens (primary N) is 1. The molecule has 5 heteroatoms. The summed E-state index contributed by atoms with van der Waals surface area (Å²) in [5.41, 5.74) is 8.56. The van der Waals surface area contributed by atoms with Gasteiger partial charge in [0, 0.05) is 11.9 Å². The lowest BCUT2D eigenvalue weighted by Crippen LogP contribution is -2.22. The number of nitrogens with one attached hydrogen (secondary N) is 1. The van der Waals surface area contributed by atoms with Gasteiger partial charge >= 0.3 is 0 Å². The van der Waals surface area contributed by atoms with Gasteiger partial charge in [0.2, 0.25) is 0 Å². The molecule has 1 heterocycles. The van der Waals surface area contributed by atoms with Crippen LogP contribution in [0.5, 0.6) is 0 Å². The standard InChI is InChI=1S/C14H15IN2OS/c15-13-7-12(9-19-13)14(18)17-8-11-3-1-10(2-4-11)5-6-16/h1-4,7,9H,5-6,8,16H2,(H,17,18). The number of carbonyl (C=O) groups excluding carboxylic acids is 1. The Balaban J connectivity index is 1.89. The molecule has 0 bridgehead atoms. The first-order valence-corrected chi connectivity index (χ1v) is 7.95. The van der Waals surface area contributed by atoms with Crippen LogP contribution in [0.2, 0.25) is 0 Å². The van der Waals surface area contributed by atoms with Crippen LogP contribution in [-0.4, -0.2) is 12.5 Å². The van der Waals surface area contributed by atoms with Crippen LogP contribution in [0.3, 0.4) is 0 Å². The third kappa shape index (κ3) is 4.29. The highest BCUT2D eigenvalue weighted by atomic mass is 127. The second-order valence-electron chi connectivity index (χ2n) is 4.18. The maximum absolute atomic E-state index is 11.9. The molecule has 0 saturated heterocycles. The van der Waals surface area contributed by atoms with Gasteiger partial charge in [-0.2, -0.15) is 0 Å². The van der Waals surface area contributed by atoms with E-state index in [9.17, 15) is 4.79 Å². The molecule has 19 heavy (non-hydrogen) atoms. The number of halogens is 1. The topological polar surface area (TPSA) is 55.1 Å². The molecule has 1 aromatic heterocycles. The molecule has 0 fully saturated rings. The zero-order valence-electron chi connectivity index (χ0n) is 10.4. The summed E-state index contributed by atoms with van der Waals surface area (Å²) in [5, 5.41) is 4.80. The molecule has 0 unspecified atom stereocenters. The van der Waals surface area contributed by atoms with Crippen molar-refractivity contribution in [2.45, 2.75) is 13.0 Å². The smallest absolute Gasteiger partial charge is 0.252 e. The van der Waals surface area contributed by atoms with Gasteiger partial charge in [-0.05, 0) is 52.7 Å². The predicted molar refractivity (Wildman–Crippen MR) is 87.4 cm³/mol. The molecule has 0 aliphatic rings. The third-order valence-corrected chi connectivity index (χ3v) is 4.53. The Labute approximate surface area is 130 Å². The van der Waals surface area contributed by atoms with Crippen molar-refractivity contribution in [1.29, 1.82) is 0 Å². The number of hydrogen-bond acceptors (Lipinski definition) is 3. The molecule has 1 aromatic carbocycles. The fourth-order valence-corrected chi connectivity index (χ4v) is 3.03. The molecule has 0 aliphatic carbocycles. The van der Waals surface area contributed by atoms with Crippen molar-refractivity contribution >= 4 is 39.8 Å². The second kappa shape index (κ2) is 7.02. The van der Waals surface area contributed by atoms with Crippen molar-refractivity contribution in [3.63, 3.8) is 0 Å². The van der Waals surface area contributed by atoms with Gasteiger partial charge in [0.1, 0.15) is 0 Å². The van der Waals surface area contributed by atoms with Gasteiger partial charge in [0.15, 0.2) is 0 Å². The lowest BCUT2D eigenvalue weighted by molar-refractivity contribution is 0.0951. The van der Waals surface area contributed by atoms with Gasteiger partial charge in [-0.3, -0.25) is 4.79 Å². The van der Waals surface area contributed by atoms with E-state index in [-0.39, 0.29) is 5.91 Å². The Morgan fingerprint density at radius 2 is 1.95 bits per heavy atom. The normalized spacial score (nSPS) is 10.4. The molecule has 2 rings (SSSR count). The number of thiophene rings is 1. The fourth-order valence-electron chi connectivity index (χ4n) is 1.70. The first kappa shape index (κ1) is 14.5. The molecule has 0 aliphatic heterocycles. The number of carbonyl (C=O) groups is 1. The first-order valence-electron chi connectivity index (χ1n) is 5.99. The SMILES string of the molecule is NCCc1ccc(CNC(=O)c2csc(I)c2)cc1. The Morgan fingerprint density at radius 3 is 2.53 bits per heavy atom. The molecule has 3 N–H and O–H groups in total. The summed E-state index contributed by atoms with van der Waals surface area (Å²) in [6.07, 6.45) is 0.889. The Hall–Kier alpha value is -0.920. The number of benzene rings is 1. The quantitative estimate of drug-likeness (QED) is 0.777. The van der Waals surface area contributed by atoms with Crippen LogP contribution in [0, 0.1) is 2.88 Å². The molecule has 1 amide bonds. The highest BCUT2D eigenvalue weighted by Crippen LogP contribution is 2.16. The summed E-state index contributed by atoms with van der Waals surface area (Å²) < 4.78 is 1.12. The van der Waals surface area contributed by atoms with E-state index in [0.717, 1.165) is 20.4 Å². The Bertz CT molecular complexity index is 551. The van der Waals surface area contributed by atoms with Crippen molar-refractivity contribution in [1.82, 2.24) is 5.32 Å². The monoisotopic (exact) mass is 386 g/mol. The average Bonchev–Trinajstić information content (AvgIpc) is 2.85. The highest BCUT2D eigenvalue weighted by molar-refractivity contribution is 14.1. The Kier molecular flexibility index (Phi) is 5.35. The molecule has 0 saturated carbocycles. The molecule has 100 valence electrons. The molecule has 2 aromatic rings. The summed E-state index contributed by atoms with van der Waals surface area (Å²) in [6.45, 7) is 1.21. The van der Waals surface area contributed by atoms with E-state index in [4.69, 9.17) is 5.73 Å². The summed E-state index contributed by atoms with van der Waals surface area (Å²) in [6, 6.07) is 10.1. The van der Waals surface area contributed by atoms with Crippen molar-refractivity contribution in [2.24, 2.45) is 5.73 Å². The van der Waals surface area contributed by atoms with E-state index in [0.29, 0.717) is 13.1 Å². The highest BCUT2D eigenvalue weighted by Gasteiger charge is 2.07. The van der Waals surface area contributed by atoms with Crippen LogP contribution < -0.4 is 11.1 Å². The minimum atomic E-state index is -0.0230. The van der Waals surface area contributed by atoms with Gasteiger partial charge in [-0.15, -0.1) is 11.3 Å². The van der Waals surface area contributed by atoms with Crippen LogP contribution in [0.1, 0.15) is 21.5 Å². The average molecular weight is 386 g/mol. The maximum atomic E-state index is 11.9. The van der Waals surface area contributed by atoms with Crippen molar-refractivity contribution in [3.05, 3.63) is 55.3 Å². The summed E-state index contributed by atoms with van der Waals surface area (Å²) in [5.74, 6) is -0.0230. The lowest BCUT2D eigenvalue weighted by Gasteiger charge is -2.05. The van der Waals surface area contributed by atoms with Crippen LogP contribution in [-0.2, 0) is 13.0 Å². The number of amides is 1. The van der Waals surface area contributed by atoms with Gasteiger partial charge < -0.3 is 11.1 Å². The van der Waals surface area contributed by atoms with Crippen LogP contribution in [0.4, 0.5) is 0 Å². The minimum absolute atomic E-state index is 0.0230. The van der Waals surface area contributed by atoms with E-state index in [1.165, 1.54) is 5.56 Å². The zero-order chi connectivity index (χ0) is 13.7. The van der Waals surface area contributed by atoms with E-state index in [1.807, 2.05) is 23.6 Å². The number of rotatable bonds is 5. The molecule has 3 nitrogen and oxygen atoms in total. The predicted octanol–water partition coefficient (Wildman–Crippen LogP) is 2.78. The third-order valence-electron chi connectivity index (χ3n) is 2.74. The van der Waals surface area contributed by atoms with Crippen LogP contribution in [0.25, 0.3) is 0 Å². The molecular formula is C14H15IN2OS. The Morgan fingerprint density at radius 1 is 1.26 bits per heavy atom. The van der Waals surface area contributed by atoms with Crippen molar-refractivity contribution in [2.75, 3.05) is 6.54 Å².